The summed E-state index contributed by atoms with van der Waals surface area (Å²) in [7, 11) is 3.48. The predicted molar refractivity (Wildman–Crippen MR) is 109 cm³/mol. The normalized spacial score (nSPS) is 21.8. The van der Waals surface area contributed by atoms with Crippen molar-refractivity contribution in [2.24, 2.45) is 5.92 Å². The lowest BCUT2D eigenvalue weighted by molar-refractivity contribution is 0.274. The third-order valence-corrected chi connectivity index (χ3v) is 6.02. The average molecular weight is 359 g/mol. The van der Waals surface area contributed by atoms with Crippen LogP contribution in [0.1, 0.15) is 44.6 Å². The standard InChI is InChI=1S/C20H24O2S.C2H6/c1-4-5-17-18-11-10-16(22-3)12-20(18)23-13-19(17)14-6-8-15(21-2)9-7-14;1-2/h4,6,8,10-12,17,19H,1,5,7,9,13H2,2-3H3;1-2H3. The summed E-state index contributed by atoms with van der Waals surface area (Å²) >= 11 is 1.95. The number of ether oxygens (including phenoxy) is 2. The second-order valence-corrected chi connectivity index (χ2v) is 7.09. The number of methoxy groups -OCH3 is 2. The number of hydrogen-bond acceptors (Lipinski definition) is 3. The van der Waals surface area contributed by atoms with Crippen molar-refractivity contribution in [2.45, 2.75) is 43.9 Å². The molecule has 1 aliphatic heterocycles. The van der Waals surface area contributed by atoms with E-state index in [0.717, 1.165) is 36.5 Å². The Hall–Kier alpha value is -1.61. The van der Waals surface area contributed by atoms with E-state index in [1.807, 2.05) is 25.6 Å². The summed E-state index contributed by atoms with van der Waals surface area (Å²) in [5.41, 5.74) is 2.99. The number of benzene rings is 1. The molecule has 3 heteroatoms. The van der Waals surface area contributed by atoms with Crippen molar-refractivity contribution >= 4 is 11.8 Å². The van der Waals surface area contributed by atoms with E-state index in [2.05, 4.69) is 43.0 Å². The van der Waals surface area contributed by atoms with Crippen LogP contribution in [0.25, 0.3) is 0 Å². The van der Waals surface area contributed by atoms with Gasteiger partial charge in [-0.25, -0.2) is 0 Å². The molecule has 0 radical (unpaired) electrons. The summed E-state index contributed by atoms with van der Waals surface area (Å²) in [6, 6.07) is 6.49. The molecule has 136 valence electrons. The first-order valence-corrected chi connectivity index (χ1v) is 10.1. The van der Waals surface area contributed by atoms with Crippen molar-refractivity contribution in [3.8, 4) is 5.75 Å². The van der Waals surface area contributed by atoms with Crippen molar-refractivity contribution in [3.63, 3.8) is 0 Å². The highest BCUT2D eigenvalue weighted by Crippen LogP contribution is 2.48. The first-order valence-electron chi connectivity index (χ1n) is 9.12. The Morgan fingerprint density at radius 1 is 1.16 bits per heavy atom. The number of fused-ring (bicyclic) bond motifs is 1. The van der Waals surface area contributed by atoms with Gasteiger partial charge in [-0.05, 0) is 48.4 Å². The molecule has 1 heterocycles. The maximum atomic E-state index is 5.38. The van der Waals surface area contributed by atoms with Gasteiger partial charge in [-0.15, -0.1) is 18.3 Å². The molecule has 2 nitrogen and oxygen atoms in total. The second kappa shape index (κ2) is 9.76. The van der Waals surface area contributed by atoms with Gasteiger partial charge in [0.1, 0.15) is 5.75 Å². The SMILES string of the molecule is C=CCC1c2ccc(OC)cc2SCC1C1=CC=C(OC)CC1.CC. The molecule has 0 spiro atoms. The highest BCUT2D eigenvalue weighted by Gasteiger charge is 2.32. The van der Waals surface area contributed by atoms with Gasteiger partial charge in [0.15, 0.2) is 0 Å². The van der Waals surface area contributed by atoms with E-state index >= 15 is 0 Å². The van der Waals surface area contributed by atoms with E-state index in [9.17, 15) is 0 Å². The molecule has 1 aromatic carbocycles. The molecule has 0 saturated carbocycles. The van der Waals surface area contributed by atoms with Crippen LogP contribution in [-0.4, -0.2) is 20.0 Å². The Labute approximate surface area is 157 Å². The zero-order valence-corrected chi connectivity index (χ0v) is 16.7. The lowest BCUT2D eigenvalue weighted by atomic mass is 9.77. The van der Waals surface area contributed by atoms with Crippen LogP contribution in [0.5, 0.6) is 5.75 Å². The largest absolute Gasteiger partial charge is 0.501 e. The molecule has 2 aliphatic rings. The van der Waals surface area contributed by atoms with Crippen molar-refractivity contribution in [3.05, 3.63) is 59.9 Å². The molecule has 2 atom stereocenters. The van der Waals surface area contributed by atoms with Gasteiger partial charge in [0, 0.05) is 17.1 Å². The molecule has 0 saturated heterocycles. The third-order valence-electron chi connectivity index (χ3n) is 4.83. The Morgan fingerprint density at radius 3 is 2.56 bits per heavy atom. The summed E-state index contributed by atoms with van der Waals surface area (Å²) in [6.45, 7) is 7.98. The molecule has 0 aromatic heterocycles. The number of allylic oxidation sites excluding steroid dienone is 5. The quantitative estimate of drug-likeness (QED) is 0.571. The smallest absolute Gasteiger partial charge is 0.119 e. The lowest BCUT2D eigenvalue weighted by Crippen LogP contribution is -2.23. The maximum absolute atomic E-state index is 5.38. The van der Waals surface area contributed by atoms with Gasteiger partial charge in [0.05, 0.1) is 20.0 Å². The molecule has 0 amide bonds. The minimum Gasteiger partial charge on any atom is -0.501 e. The van der Waals surface area contributed by atoms with Gasteiger partial charge in [-0.1, -0.05) is 37.6 Å². The molecule has 3 rings (SSSR count). The molecule has 25 heavy (non-hydrogen) atoms. The molecular weight excluding hydrogens is 328 g/mol. The van der Waals surface area contributed by atoms with Crippen molar-refractivity contribution < 1.29 is 9.47 Å². The fraction of sp³-hybridized carbons (Fsp3) is 0.455. The summed E-state index contributed by atoms with van der Waals surface area (Å²) < 4.78 is 10.7. The Bertz CT molecular complexity index is 645. The van der Waals surface area contributed by atoms with Crippen LogP contribution in [-0.2, 0) is 4.74 Å². The van der Waals surface area contributed by atoms with Crippen LogP contribution in [0, 0.1) is 5.92 Å². The first-order chi connectivity index (χ1) is 12.3. The van der Waals surface area contributed by atoms with Gasteiger partial charge in [0.2, 0.25) is 0 Å². The van der Waals surface area contributed by atoms with Crippen LogP contribution in [0.2, 0.25) is 0 Å². The van der Waals surface area contributed by atoms with Crippen molar-refractivity contribution in [1.29, 1.82) is 0 Å². The van der Waals surface area contributed by atoms with Gasteiger partial charge < -0.3 is 9.47 Å². The van der Waals surface area contributed by atoms with E-state index in [1.165, 1.54) is 10.5 Å². The summed E-state index contributed by atoms with van der Waals surface area (Å²) in [5, 5.41) is 0. The molecule has 1 aromatic rings. The minimum atomic E-state index is 0.512. The fourth-order valence-electron chi connectivity index (χ4n) is 3.53. The molecule has 0 bridgehead atoms. The summed E-state index contributed by atoms with van der Waals surface area (Å²) in [4.78, 5) is 1.36. The fourth-order valence-corrected chi connectivity index (χ4v) is 4.93. The van der Waals surface area contributed by atoms with Gasteiger partial charge >= 0.3 is 0 Å². The monoisotopic (exact) mass is 358 g/mol. The zero-order valence-electron chi connectivity index (χ0n) is 15.9. The Balaban J connectivity index is 0.00000109. The first kappa shape index (κ1) is 19.7. The average Bonchev–Trinajstić information content (AvgIpc) is 2.69. The van der Waals surface area contributed by atoms with Crippen LogP contribution in [0.15, 0.2) is 59.2 Å². The summed E-state index contributed by atoms with van der Waals surface area (Å²) in [6.07, 6.45) is 9.60. The van der Waals surface area contributed by atoms with E-state index in [1.54, 1.807) is 19.8 Å². The number of rotatable bonds is 5. The topological polar surface area (TPSA) is 18.5 Å². The zero-order chi connectivity index (χ0) is 18.2. The van der Waals surface area contributed by atoms with Crippen LogP contribution in [0.4, 0.5) is 0 Å². The lowest BCUT2D eigenvalue weighted by Gasteiger charge is -2.35. The second-order valence-electron chi connectivity index (χ2n) is 6.03. The predicted octanol–water partition coefficient (Wildman–Crippen LogP) is 6.35. The molecular formula is C22H30O2S. The highest BCUT2D eigenvalue weighted by atomic mass is 32.2. The van der Waals surface area contributed by atoms with E-state index in [0.29, 0.717) is 11.8 Å². The summed E-state index contributed by atoms with van der Waals surface area (Å²) in [5.74, 6) is 4.24. The van der Waals surface area contributed by atoms with E-state index < -0.39 is 0 Å². The van der Waals surface area contributed by atoms with E-state index in [4.69, 9.17) is 9.47 Å². The molecule has 1 aliphatic carbocycles. The van der Waals surface area contributed by atoms with Crippen LogP contribution < -0.4 is 4.74 Å². The molecule has 0 N–H and O–H groups in total. The molecule has 2 unspecified atom stereocenters. The Morgan fingerprint density at radius 2 is 1.96 bits per heavy atom. The van der Waals surface area contributed by atoms with Gasteiger partial charge in [0.25, 0.3) is 0 Å². The van der Waals surface area contributed by atoms with Crippen molar-refractivity contribution in [1.82, 2.24) is 0 Å². The number of thioether (sulfide) groups is 1. The van der Waals surface area contributed by atoms with Gasteiger partial charge in [-0.2, -0.15) is 0 Å². The van der Waals surface area contributed by atoms with Crippen LogP contribution in [0.3, 0.4) is 0 Å². The maximum Gasteiger partial charge on any atom is 0.119 e. The minimum absolute atomic E-state index is 0.512. The van der Waals surface area contributed by atoms with Gasteiger partial charge in [-0.3, -0.25) is 0 Å². The van der Waals surface area contributed by atoms with Crippen molar-refractivity contribution in [2.75, 3.05) is 20.0 Å². The van der Waals surface area contributed by atoms with E-state index in [-0.39, 0.29) is 0 Å². The molecule has 0 fully saturated rings. The number of hydrogen-bond donors (Lipinski definition) is 0. The third kappa shape index (κ3) is 4.52. The van der Waals surface area contributed by atoms with Crippen LogP contribution >= 0.6 is 11.8 Å². The highest BCUT2D eigenvalue weighted by molar-refractivity contribution is 7.99. The Kier molecular flexibility index (Phi) is 7.70.